The second kappa shape index (κ2) is 7.39. The molecule has 0 amide bonds. The van der Waals surface area contributed by atoms with E-state index in [2.05, 4.69) is 55.0 Å². The molecular formula is C18H17Br2ClN2. The van der Waals surface area contributed by atoms with Crippen LogP contribution in [0.4, 0.5) is 0 Å². The molecule has 0 saturated carbocycles. The van der Waals surface area contributed by atoms with E-state index in [-0.39, 0.29) is 0 Å². The SMILES string of the molecule is NCCCCc1c(-c2ccccc2Br)[nH]c2c(Cl)cc(Br)cc12. The molecule has 0 saturated heterocycles. The molecule has 0 unspecified atom stereocenters. The summed E-state index contributed by atoms with van der Waals surface area (Å²) in [5.74, 6) is 0. The quantitative estimate of drug-likeness (QED) is 0.435. The van der Waals surface area contributed by atoms with Gasteiger partial charge in [0.25, 0.3) is 0 Å². The minimum atomic E-state index is 0.719. The molecule has 1 aromatic heterocycles. The number of rotatable bonds is 5. The molecule has 0 atom stereocenters. The summed E-state index contributed by atoms with van der Waals surface area (Å²) in [6, 6.07) is 12.3. The van der Waals surface area contributed by atoms with Crippen LogP contribution < -0.4 is 5.73 Å². The van der Waals surface area contributed by atoms with Gasteiger partial charge in [0.05, 0.1) is 16.2 Å². The molecule has 0 bridgehead atoms. The van der Waals surface area contributed by atoms with Gasteiger partial charge in [0, 0.05) is 19.9 Å². The standard InChI is InChI=1S/C18H17Br2ClN2/c19-11-9-14-12(5-3-4-8-22)17(23-18(14)16(21)10-11)13-6-1-2-7-15(13)20/h1-2,6-7,9-10,23H,3-5,8,22H2. The van der Waals surface area contributed by atoms with Gasteiger partial charge >= 0.3 is 0 Å². The molecular weight excluding hydrogens is 439 g/mol. The number of aromatic nitrogens is 1. The van der Waals surface area contributed by atoms with E-state index in [0.29, 0.717) is 0 Å². The maximum absolute atomic E-state index is 6.44. The first-order valence-corrected chi connectivity index (χ1v) is 9.52. The van der Waals surface area contributed by atoms with Crippen LogP contribution in [0.3, 0.4) is 0 Å². The van der Waals surface area contributed by atoms with Gasteiger partial charge < -0.3 is 10.7 Å². The van der Waals surface area contributed by atoms with Gasteiger partial charge in [-0.1, -0.05) is 61.7 Å². The fraction of sp³-hybridized carbons (Fsp3) is 0.222. The molecule has 2 nitrogen and oxygen atoms in total. The van der Waals surface area contributed by atoms with Crippen LogP contribution in [0, 0.1) is 0 Å². The van der Waals surface area contributed by atoms with Crippen LogP contribution in [-0.2, 0) is 6.42 Å². The molecule has 0 fully saturated rings. The Morgan fingerprint density at radius 3 is 2.61 bits per heavy atom. The fourth-order valence-electron chi connectivity index (χ4n) is 2.87. The summed E-state index contributed by atoms with van der Waals surface area (Å²) < 4.78 is 2.06. The Bertz CT molecular complexity index is 842. The Labute approximate surface area is 157 Å². The van der Waals surface area contributed by atoms with E-state index in [9.17, 15) is 0 Å². The molecule has 3 N–H and O–H groups in total. The van der Waals surface area contributed by atoms with Crippen LogP contribution in [0.15, 0.2) is 45.3 Å². The fourth-order valence-corrected chi connectivity index (χ4v) is 4.21. The van der Waals surface area contributed by atoms with Crippen molar-refractivity contribution in [1.29, 1.82) is 0 Å². The van der Waals surface area contributed by atoms with Gasteiger partial charge in [0.15, 0.2) is 0 Å². The molecule has 2 aromatic carbocycles. The van der Waals surface area contributed by atoms with E-state index < -0.39 is 0 Å². The van der Waals surface area contributed by atoms with Gasteiger partial charge in [-0.05, 0) is 49.6 Å². The molecule has 3 rings (SSSR count). The second-order valence-corrected chi connectivity index (χ2v) is 7.69. The number of hydrogen-bond acceptors (Lipinski definition) is 1. The van der Waals surface area contributed by atoms with E-state index in [1.54, 1.807) is 0 Å². The predicted octanol–water partition coefficient (Wildman–Crippen LogP) is 6.29. The molecule has 0 aliphatic heterocycles. The lowest BCUT2D eigenvalue weighted by molar-refractivity contribution is 0.748. The highest BCUT2D eigenvalue weighted by atomic mass is 79.9. The molecule has 0 radical (unpaired) electrons. The van der Waals surface area contributed by atoms with Crippen molar-refractivity contribution in [3.05, 3.63) is 55.9 Å². The molecule has 0 aliphatic rings. The number of aryl methyl sites for hydroxylation is 1. The topological polar surface area (TPSA) is 41.8 Å². The average Bonchev–Trinajstić information content (AvgIpc) is 2.87. The summed E-state index contributed by atoms with van der Waals surface area (Å²) >= 11 is 13.7. The van der Waals surface area contributed by atoms with Gasteiger partial charge in [0.2, 0.25) is 0 Å². The van der Waals surface area contributed by atoms with Crippen molar-refractivity contribution < 1.29 is 0 Å². The van der Waals surface area contributed by atoms with Gasteiger partial charge in [0.1, 0.15) is 0 Å². The monoisotopic (exact) mass is 454 g/mol. The number of aromatic amines is 1. The summed E-state index contributed by atoms with van der Waals surface area (Å²) in [4.78, 5) is 3.53. The Balaban J connectivity index is 2.21. The van der Waals surface area contributed by atoms with E-state index >= 15 is 0 Å². The largest absolute Gasteiger partial charge is 0.353 e. The second-order valence-electron chi connectivity index (χ2n) is 5.51. The van der Waals surface area contributed by atoms with Crippen LogP contribution in [0.5, 0.6) is 0 Å². The Morgan fingerprint density at radius 1 is 1.09 bits per heavy atom. The average molecular weight is 457 g/mol. The maximum Gasteiger partial charge on any atom is 0.0658 e. The van der Waals surface area contributed by atoms with Crippen molar-refractivity contribution in [2.45, 2.75) is 19.3 Å². The van der Waals surface area contributed by atoms with Crippen LogP contribution in [0.1, 0.15) is 18.4 Å². The molecule has 1 heterocycles. The Morgan fingerprint density at radius 2 is 1.87 bits per heavy atom. The van der Waals surface area contributed by atoms with Gasteiger partial charge in [-0.25, -0.2) is 0 Å². The molecule has 120 valence electrons. The molecule has 0 spiro atoms. The maximum atomic E-state index is 6.44. The minimum Gasteiger partial charge on any atom is -0.353 e. The zero-order chi connectivity index (χ0) is 16.4. The van der Waals surface area contributed by atoms with Crippen LogP contribution in [0.25, 0.3) is 22.2 Å². The van der Waals surface area contributed by atoms with Crippen LogP contribution in [0.2, 0.25) is 5.02 Å². The number of benzene rings is 2. The lowest BCUT2D eigenvalue weighted by Gasteiger charge is -2.07. The van der Waals surface area contributed by atoms with Gasteiger partial charge in [-0.3, -0.25) is 0 Å². The van der Waals surface area contributed by atoms with Crippen molar-refractivity contribution in [1.82, 2.24) is 4.98 Å². The molecule has 23 heavy (non-hydrogen) atoms. The zero-order valence-corrected chi connectivity index (χ0v) is 16.4. The number of nitrogens with one attached hydrogen (secondary N) is 1. The van der Waals surface area contributed by atoms with Crippen molar-refractivity contribution in [3.63, 3.8) is 0 Å². The number of nitrogens with two attached hydrogens (primary N) is 1. The number of unbranched alkanes of at least 4 members (excludes halogenated alkanes) is 1. The van der Waals surface area contributed by atoms with E-state index in [1.807, 2.05) is 18.2 Å². The lowest BCUT2D eigenvalue weighted by Crippen LogP contribution is -1.99. The zero-order valence-electron chi connectivity index (χ0n) is 12.5. The first-order chi connectivity index (χ1) is 11.1. The third kappa shape index (κ3) is 3.50. The van der Waals surface area contributed by atoms with Crippen LogP contribution >= 0.6 is 43.5 Å². The summed E-state index contributed by atoms with van der Waals surface area (Å²) in [5.41, 5.74) is 10.2. The summed E-state index contributed by atoms with van der Waals surface area (Å²) in [5, 5.41) is 1.90. The molecule has 0 aliphatic carbocycles. The first-order valence-electron chi connectivity index (χ1n) is 7.56. The highest BCUT2D eigenvalue weighted by Gasteiger charge is 2.17. The predicted molar refractivity (Wildman–Crippen MR) is 106 cm³/mol. The first kappa shape index (κ1) is 17.0. The van der Waals surface area contributed by atoms with E-state index in [4.69, 9.17) is 17.3 Å². The number of halogens is 3. The van der Waals surface area contributed by atoms with E-state index in [0.717, 1.165) is 56.5 Å². The lowest BCUT2D eigenvalue weighted by atomic mass is 10.0. The third-order valence-electron chi connectivity index (χ3n) is 3.96. The number of hydrogen-bond donors (Lipinski definition) is 2. The van der Waals surface area contributed by atoms with Crippen molar-refractivity contribution in [2.75, 3.05) is 6.54 Å². The Hall–Kier alpha value is -0.810. The summed E-state index contributed by atoms with van der Waals surface area (Å²) in [6.45, 7) is 0.719. The minimum absolute atomic E-state index is 0.719. The summed E-state index contributed by atoms with van der Waals surface area (Å²) in [7, 11) is 0. The van der Waals surface area contributed by atoms with Crippen molar-refractivity contribution >= 4 is 54.4 Å². The molecule has 5 heteroatoms. The third-order valence-corrected chi connectivity index (χ3v) is 5.40. The molecule has 3 aromatic rings. The van der Waals surface area contributed by atoms with Gasteiger partial charge in [-0.2, -0.15) is 0 Å². The summed E-state index contributed by atoms with van der Waals surface area (Å²) in [6.07, 6.45) is 3.05. The Kier molecular flexibility index (Phi) is 5.47. The van der Waals surface area contributed by atoms with E-state index in [1.165, 1.54) is 10.9 Å². The number of H-pyrrole nitrogens is 1. The highest BCUT2D eigenvalue weighted by molar-refractivity contribution is 9.10. The smallest absolute Gasteiger partial charge is 0.0658 e. The van der Waals surface area contributed by atoms with Crippen molar-refractivity contribution in [2.24, 2.45) is 5.73 Å². The van der Waals surface area contributed by atoms with Crippen molar-refractivity contribution in [3.8, 4) is 11.3 Å². The highest BCUT2D eigenvalue weighted by Crippen LogP contribution is 2.38. The number of fused-ring (bicyclic) bond motifs is 1. The normalized spacial score (nSPS) is 11.3. The van der Waals surface area contributed by atoms with Gasteiger partial charge in [-0.15, -0.1) is 0 Å². The van der Waals surface area contributed by atoms with Crippen LogP contribution in [-0.4, -0.2) is 11.5 Å².